The van der Waals surface area contributed by atoms with Crippen LogP contribution < -0.4 is 19.5 Å². The number of benzene rings is 2. The molecular formula is C22H25ClN2O5. The van der Waals surface area contributed by atoms with E-state index in [-0.39, 0.29) is 17.9 Å². The summed E-state index contributed by atoms with van der Waals surface area (Å²) in [5.41, 5.74) is 1.03. The molecule has 30 heavy (non-hydrogen) atoms. The second-order valence-electron chi connectivity index (χ2n) is 6.96. The fourth-order valence-electron chi connectivity index (χ4n) is 3.48. The summed E-state index contributed by atoms with van der Waals surface area (Å²) in [5, 5.41) is 3.63. The summed E-state index contributed by atoms with van der Waals surface area (Å²) in [6.45, 7) is 1.14. The first kappa shape index (κ1) is 21.8. The lowest BCUT2D eigenvalue weighted by Gasteiger charge is -2.32. The maximum Gasteiger partial charge on any atom is 0.253 e. The van der Waals surface area contributed by atoms with Crippen molar-refractivity contribution in [3.05, 3.63) is 52.5 Å². The van der Waals surface area contributed by atoms with Crippen molar-refractivity contribution in [1.29, 1.82) is 0 Å². The van der Waals surface area contributed by atoms with E-state index in [0.29, 0.717) is 59.3 Å². The average molecular weight is 433 g/mol. The van der Waals surface area contributed by atoms with Crippen molar-refractivity contribution in [2.45, 2.75) is 18.9 Å². The standard InChI is InChI=1S/C22H25ClN2O5/c1-28-18-12-15(13-19(29-2)20(18)30-3)21(26)24-17-8-10-25(11-9-17)22(27)14-4-6-16(23)7-5-14/h4-7,12-13,17H,8-11H2,1-3H3,(H,24,26). The van der Waals surface area contributed by atoms with Crippen LogP contribution in [0, 0.1) is 0 Å². The maximum atomic E-state index is 12.8. The van der Waals surface area contributed by atoms with Gasteiger partial charge in [0.15, 0.2) is 11.5 Å². The molecule has 0 bridgehead atoms. The first-order valence-electron chi connectivity index (χ1n) is 9.62. The molecular weight excluding hydrogens is 408 g/mol. The van der Waals surface area contributed by atoms with E-state index in [0.717, 1.165) is 0 Å². The minimum Gasteiger partial charge on any atom is -0.493 e. The quantitative estimate of drug-likeness (QED) is 0.757. The van der Waals surface area contributed by atoms with E-state index in [1.54, 1.807) is 41.3 Å². The molecule has 1 saturated heterocycles. The number of halogens is 1. The van der Waals surface area contributed by atoms with Crippen molar-refractivity contribution in [3.8, 4) is 17.2 Å². The fraction of sp³-hybridized carbons (Fsp3) is 0.364. The largest absolute Gasteiger partial charge is 0.493 e. The first-order chi connectivity index (χ1) is 14.5. The van der Waals surface area contributed by atoms with Crippen molar-refractivity contribution in [1.82, 2.24) is 10.2 Å². The molecule has 160 valence electrons. The molecule has 1 heterocycles. The second kappa shape index (κ2) is 9.71. The lowest BCUT2D eigenvalue weighted by Crippen LogP contribution is -2.46. The molecule has 0 aromatic heterocycles. The van der Waals surface area contributed by atoms with Crippen molar-refractivity contribution in [2.75, 3.05) is 34.4 Å². The number of nitrogens with zero attached hydrogens (tertiary/aromatic N) is 1. The van der Waals surface area contributed by atoms with Crippen LogP contribution in [0.4, 0.5) is 0 Å². The van der Waals surface area contributed by atoms with Crippen molar-refractivity contribution in [2.24, 2.45) is 0 Å². The summed E-state index contributed by atoms with van der Waals surface area (Å²) in [4.78, 5) is 27.2. The number of ether oxygens (including phenoxy) is 3. The Morgan fingerprint density at radius 3 is 2.00 bits per heavy atom. The highest BCUT2D eigenvalue weighted by Gasteiger charge is 2.25. The van der Waals surface area contributed by atoms with Gasteiger partial charge >= 0.3 is 0 Å². The van der Waals surface area contributed by atoms with Crippen LogP contribution in [0.3, 0.4) is 0 Å². The first-order valence-corrected chi connectivity index (χ1v) is 10.00. The minimum absolute atomic E-state index is 0.0224. The molecule has 2 aromatic carbocycles. The van der Waals surface area contributed by atoms with Crippen LogP contribution in [-0.2, 0) is 0 Å². The molecule has 8 heteroatoms. The number of carbonyl (C=O) groups excluding carboxylic acids is 2. The molecule has 0 spiro atoms. The van der Waals surface area contributed by atoms with E-state index in [1.807, 2.05) is 0 Å². The topological polar surface area (TPSA) is 77.1 Å². The van der Waals surface area contributed by atoms with Gasteiger partial charge in [-0.25, -0.2) is 0 Å². The van der Waals surface area contributed by atoms with Gasteiger partial charge in [-0.15, -0.1) is 0 Å². The summed E-state index contributed by atoms with van der Waals surface area (Å²) < 4.78 is 15.9. The number of hydrogen-bond donors (Lipinski definition) is 1. The van der Waals surface area contributed by atoms with Crippen LogP contribution in [-0.4, -0.2) is 57.2 Å². The molecule has 1 aliphatic heterocycles. The van der Waals surface area contributed by atoms with Crippen LogP contribution >= 0.6 is 11.6 Å². The number of nitrogens with one attached hydrogen (secondary N) is 1. The molecule has 3 rings (SSSR count). The SMILES string of the molecule is COc1cc(C(=O)NC2CCN(C(=O)c3ccc(Cl)cc3)CC2)cc(OC)c1OC. The molecule has 1 aliphatic rings. The predicted octanol–water partition coefficient (Wildman–Crippen LogP) is 3.40. The third-order valence-electron chi connectivity index (χ3n) is 5.14. The molecule has 0 unspecified atom stereocenters. The van der Waals surface area contributed by atoms with Crippen molar-refractivity contribution < 1.29 is 23.8 Å². The van der Waals surface area contributed by atoms with E-state index in [1.165, 1.54) is 21.3 Å². The zero-order valence-electron chi connectivity index (χ0n) is 17.2. The number of likely N-dealkylation sites (tertiary alicyclic amines) is 1. The van der Waals surface area contributed by atoms with Gasteiger partial charge in [0.2, 0.25) is 5.75 Å². The molecule has 0 radical (unpaired) electrons. The molecule has 1 fully saturated rings. The summed E-state index contributed by atoms with van der Waals surface area (Å²) in [6, 6.07) is 10.1. The monoisotopic (exact) mass is 432 g/mol. The number of piperidine rings is 1. The van der Waals surface area contributed by atoms with E-state index in [9.17, 15) is 9.59 Å². The fourth-order valence-corrected chi connectivity index (χ4v) is 3.61. The predicted molar refractivity (Wildman–Crippen MR) is 114 cm³/mol. The number of methoxy groups -OCH3 is 3. The lowest BCUT2D eigenvalue weighted by molar-refractivity contribution is 0.0698. The van der Waals surface area contributed by atoms with Crippen LogP contribution in [0.2, 0.25) is 5.02 Å². The van der Waals surface area contributed by atoms with Gasteiger partial charge in [-0.3, -0.25) is 9.59 Å². The Morgan fingerprint density at radius 1 is 0.933 bits per heavy atom. The Morgan fingerprint density at radius 2 is 1.50 bits per heavy atom. The summed E-state index contributed by atoms with van der Waals surface area (Å²) >= 11 is 5.89. The van der Waals surface area contributed by atoms with Crippen LogP contribution in [0.5, 0.6) is 17.2 Å². The van der Waals surface area contributed by atoms with Gasteiger partial charge in [0.1, 0.15) is 0 Å². The molecule has 7 nitrogen and oxygen atoms in total. The zero-order chi connectivity index (χ0) is 21.7. The Balaban J connectivity index is 1.61. The van der Waals surface area contributed by atoms with Gasteiger partial charge in [-0.05, 0) is 49.2 Å². The number of amides is 2. The smallest absolute Gasteiger partial charge is 0.253 e. The van der Waals surface area contributed by atoms with Gasteiger partial charge in [-0.1, -0.05) is 11.6 Å². The van der Waals surface area contributed by atoms with Crippen molar-refractivity contribution in [3.63, 3.8) is 0 Å². The van der Waals surface area contributed by atoms with E-state index < -0.39 is 0 Å². The zero-order valence-corrected chi connectivity index (χ0v) is 18.0. The van der Waals surface area contributed by atoms with Gasteiger partial charge in [-0.2, -0.15) is 0 Å². The highest BCUT2D eigenvalue weighted by molar-refractivity contribution is 6.30. The molecule has 1 N–H and O–H groups in total. The van der Waals surface area contributed by atoms with E-state index in [4.69, 9.17) is 25.8 Å². The van der Waals surface area contributed by atoms with Gasteiger partial charge in [0, 0.05) is 35.3 Å². The third-order valence-corrected chi connectivity index (χ3v) is 5.39. The normalized spacial score (nSPS) is 14.2. The Bertz CT molecular complexity index is 883. The summed E-state index contributed by atoms with van der Waals surface area (Å²) in [7, 11) is 4.53. The number of carbonyl (C=O) groups is 2. The summed E-state index contributed by atoms with van der Waals surface area (Å²) in [6.07, 6.45) is 1.35. The van der Waals surface area contributed by atoms with Crippen LogP contribution in [0.15, 0.2) is 36.4 Å². The van der Waals surface area contributed by atoms with Gasteiger partial charge in [0.25, 0.3) is 11.8 Å². The minimum atomic E-state index is -0.225. The molecule has 0 atom stereocenters. The Labute approximate surface area is 180 Å². The Kier molecular flexibility index (Phi) is 7.05. The van der Waals surface area contributed by atoms with Crippen LogP contribution in [0.1, 0.15) is 33.6 Å². The average Bonchev–Trinajstić information content (AvgIpc) is 2.78. The van der Waals surface area contributed by atoms with Crippen LogP contribution in [0.25, 0.3) is 0 Å². The molecule has 2 aromatic rings. The molecule has 0 aliphatic carbocycles. The highest BCUT2D eigenvalue weighted by atomic mass is 35.5. The Hall–Kier alpha value is -2.93. The van der Waals surface area contributed by atoms with E-state index in [2.05, 4.69) is 5.32 Å². The summed E-state index contributed by atoms with van der Waals surface area (Å²) in [5.74, 6) is 1.03. The number of rotatable bonds is 6. The van der Waals surface area contributed by atoms with Crippen molar-refractivity contribution >= 4 is 23.4 Å². The van der Waals surface area contributed by atoms with Gasteiger partial charge < -0.3 is 24.4 Å². The molecule has 0 saturated carbocycles. The highest BCUT2D eigenvalue weighted by Crippen LogP contribution is 2.38. The third kappa shape index (κ3) is 4.79. The lowest BCUT2D eigenvalue weighted by atomic mass is 10.0. The maximum absolute atomic E-state index is 12.8. The number of hydrogen-bond acceptors (Lipinski definition) is 5. The van der Waals surface area contributed by atoms with Gasteiger partial charge in [0.05, 0.1) is 21.3 Å². The second-order valence-corrected chi connectivity index (χ2v) is 7.40. The molecule has 2 amide bonds. The van der Waals surface area contributed by atoms with E-state index >= 15 is 0 Å².